The van der Waals surface area contributed by atoms with E-state index in [1.807, 2.05) is 0 Å². The third kappa shape index (κ3) is 1.74. The average molecular weight is 180 g/mol. The smallest absolute Gasteiger partial charge is 0.303 e. The number of nitrogens with one attached hydrogen (secondary N) is 2. The maximum absolute atomic E-state index is 11.8. The van der Waals surface area contributed by atoms with E-state index >= 15 is 0 Å². The first-order valence-electron chi connectivity index (χ1n) is 2.80. The van der Waals surface area contributed by atoms with Gasteiger partial charge in [-0.05, 0) is 0 Å². The maximum atomic E-state index is 11.8. The van der Waals surface area contributed by atoms with Crippen LogP contribution in [0.25, 0.3) is 0 Å². The molecule has 7 heteroatoms. The second-order valence-electron chi connectivity index (χ2n) is 2.00. The Balaban J connectivity index is 3.37. The molecule has 0 saturated heterocycles. The zero-order chi connectivity index (χ0) is 9.35. The van der Waals surface area contributed by atoms with Gasteiger partial charge in [0.25, 0.3) is 5.56 Å². The molecule has 0 saturated carbocycles. The van der Waals surface area contributed by atoms with E-state index in [-0.39, 0.29) is 6.07 Å². The van der Waals surface area contributed by atoms with Crippen molar-refractivity contribution < 1.29 is 13.2 Å². The van der Waals surface area contributed by atoms with Gasteiger partial charge >= 0.3 is 11.9 Å². The fourth-order valence-corrected chi connectivity index (χ4v) is 0.621. The van der Waals surface area contributed by atoms with Crippen LogP contribution in [0, 0.1) is 0 Å². The summed E-state index contributed by atoms with van der Waals surface area (Å²) in [6.45, 7) is 0. The molecule has 0 unspecified atom stereocenters. The lowest BCUT2D eigenvalue weighted by atomic mass is 10.4. The molecule has 1 aromatic rings. The van der Waals surface area contributed by atoms with Gasteiger partial charge in [0.2, 0.25) is 0 Å². The SMILES string of the molecule is O=c1cc(C(F)(F)F)[nH]c(=O)[nH]1. The van der Waals surface area contributed by atoms with Crippen LogP contribution in [0.2, 0.25) is 0 Å². The largest absolute Gasteiger partial charge is 0.431 e. The predicted molar refractivity (Wildman–Crippen MR) is 32.7 cm³/mol. The summed E-state index contributed by atoms with van der Waals surface area (Å²) in [4.78, 5) is 23.8. The molecule has 0 atom stereocenters. The number of halogens is 3. The fraction of sp³-hybridized carbons (Fsp3) is 0.200. The number of hydrogen-bond acceptors (Lipinski definition) is 2. The van der Waals surface area contributed by atoms with Gasteiger partial charge in [0.1, 0.15) is 5.69 Å². The van der Waals surface area contributed by atoms with Gasteiger partial charge in [-0.3, -0.25) is 9.78 Å². The molecular formula is C5H3F3N2O2. The maximum Gasteiger partial charge on any atom is 0.431 e. The van der Waals surface area contributed by atoms with Crippen molar-refractivity contribution in [2.75, 3.05) is 0 Å². The first kappa shape index (κ1) is 8.57. The number of hydrogen-bond donors (Lipinski definition) is 2. The van der Waals surface area contributed by atoms with Gasteiger partial charge in [0.15, 0.2) is 0 Å². The Hall–Kier alpha value is -1.53. The highest BCUT2D eigenvalue weighted by atomic mass is 19.4. The van der Waals surface area contributed by atoms with Crippen molar-refractivity contribution in [1.29, 1.82) is 0 Å². The van der Waals surface area contributed by atoms with Crippen LogP contribution in [-0.2, 0) is 6.18 Å². The van der Waals surface area contributed by atoms with Gasteiger partial charge in [-0.2, -0.15) is 13.2 Å². The molecule has 2 N–H and O–H groups in total. The second-order valence-corrected chi connectivity index (χ2v) is 2.00. The van der Waals surface area contributed by atoms with Crippen molar-refractivity contribution in [1.82, 2.24) is 9.97 Å². The summed E-state index contributed by atoms with van der Waals surface area (Å²) < 4.78 is 35.5. The molecular weight excluding hydrogens is 177 g/mol. The summed E-state index contributed by atoms with van der Waals surface area (Å²) in [5.41, 5.74) is -3.60. The Labute approximate surface area is 63.1 Å². The quantitative estimate of drug-likeness (QED) is 0.593. The minimum atomic E-state index is -4.70. The second kappa shape index (κ2) is 2.50. The highest BCUT2D eigenvalue weighted by Crippen LogP contribution is 2.25. The third-order valence-corrected chi connectivity index (χ3v) is 1.07. The van der Waals surface area contributed by atoms with E-state index in [1.165, 1.54) is 4.98 Å². The van der Waals surface area contributed by atoms with Gasteiger partial charge in [-0.15, -0.1) is 0 Å². The summed E-state index contributed by atoms with van der Waals surface area (Å²) in [6.07, 6.45) is -4.70. The molecule has 12 heavy (non-hydrogen) atoms. The summed E-state index contributed by atoms with van der Waals surface area (Å²) in [7, 11) is 0. The molecule has 0 bridgehead atoms. The predicted octanol–water partition coefficient (Wildman–Crippen LogP) is 0.0820. The summed E-state index contributed by atoms with van der Waals surface area (Å²) >= 11 is 0. The van der Waals surface area contributed by atoms with Gasteiger partial charge in [-0.25, -0.2) is 4.79 Å². The Bertz CT molecular complexity index is 360. The van der Waals surface area contributed by atoms with E-state index in [1.54, 1.807) is 4.98 Å². The van der Waals surface area contributed by atoms with Crippen LogP contribution < -0.4 is 11.2 Å². The van der Waals surface area contributed by atoms with Crippen LogP contribution in [0.1, 0.15) is 5.69 Å². The Morgan fingerprint density at radius 1 is 1.17 bits per heavy atom. The van der Waals surface area contributed by atoms with Crippen LogP contribution >= 0.6 is 0 Å². The molecule has 0 spiro atoms. The first-order valence-corrected chi connectivity index (χ1v) is 2.80. The summed E-state index contributed by atoms with van der Waals surface area (Å²) in [6, 6.07) is 0.279. The first-order chi connectivity index (χ1) is 5.39. The number of rotatable bonds is 0. The number of alkyl halides is 3. The molecule has 0 aromatic carbocycles. The highest BCUT2D eigenvalue weighted by Gasteiger charge is 2.32. The normalized spacial score (nSPS) is 11.6. The van der Waals surface area contributed by atoms with Crippen molar-refractivity contribution >= 4 is 0 Å². The van der Waals surface area contributed by atoms with Gasteiger partial charge in [-0.1, -0.05) is 0 Å². The van der Waals surface area contributed by atoms with E-state index in [0.29, 0.717) is 0 Å². The Morgan fingerprint density at radius 2 is 1.75 bits per heavy atom. The lowest BCUT2D eigenvalue weighted by Gasteiger charge is -2.03. The molecule has 66 valence electrons. The van der Waals surface area contributed by atoms with Crippen molar-refractivity contribution in [3.05, 3.63) is 32.6 Å². The molecule has 4 nitrogen and oxygen atoms in total. The van der Waals surface area contributed by atoms with Crippen LogP contribution in [0.3, 0.4) is 0 Å². The van der Waals surface area contributed by atoms with E-state index in [2.05, 4.69) is 0 Å². The van der Waals surface area contributed by atoms with Crippen LogP contribution in [0.5, 0.6) is 0 Å². The van der Waals surface area contributed by atoms with Crippen molar-refractivity contribution in [3.8, 4) is 0 Å². The van der Waals surface area contributed by atoms with Crippen LogP contribution in [0.15, 0.2) is 15.7 Å². The van der Waals surface area contributed by atoms with E-state index in [0.717, 1.165) is 0 Å². The molecule has 1 aromatic heterocycles. The van der Waals surface area contributed by atoms with Crippen molar-refractivity contribution in [2.45, 2.75) is 6.18 Å². The molecule has 0 aliphatic heterocycles. The fourth-order valence-electron chi connectivity index (χ4n) is 0.621. The van der Waals surface area contributed by atoms with Crippen LogP contribution in [0.4, 0.5) is 13.2 Å². The van der Waals surface area contributed by atoms with Gasteiger partial charge < -0.3 is 4.98 Å². The summed E-state index contributed by atoms with van der Waals surface area (Å²) in [5, 5.41) is 0. The molecule has 0 fully saturated rings. The zero-order valence-electron chi connectivity index (χ0n) is 5.53. The highest BCUT2D eigenvalue weighted by molar-refractivity contribution is 5.02. The lowest BCUT2D eigenvalue weighted by molar-refractivity contribution is -0.141. The topological polar surface area (TPSA) is 65.7 Å². The van der Waals surface area contributed by atoms with E-state index in [4.69, 9.17) is 0 Å². The molecule has 1 rings (SSSR count). The minimum absolute atomic E-state index is 0.279. The summed E-state index contributed by atoms with van der Waals surface area (Å²) in [5.74, 6) is 0. The van der Waals surface area contributed by atoms with Crippen molar-refractivity contribution in [2.24, 2.45) is 0 Å². The van der Waals surface area contributed by atoms with Gasteiger partial charge in [0, 0.05) is 6.07 Å². The average Bonchev–Trinajstić information content (AvgIpc) is 1.82. The molecule has 1 heterocycles. The lowest BCUT2D eigenvalue weighted by Crippen LogP contribution is -2.26. The standard InChI is InChI=1S/C5H3F3N2O2/c6-5(7,8)2-1-3(11)10-4(12)9-2/h1H,(H2,9,10,11,12). The monoisotopic (exact) mass is 180 g/mol. The molecule has 0 radical (unpaired) electrons. The molecule has 0 aliphatic rings. The molecule has 0 amide bonds. The third-order valence-electron chi connectivity index (χ3n) is 1.07. The number of aromatic nitrogens is 2. The molecule has 0 aliphatic carbocycles. The zero-order valence-corrected chi connectivity index (χ0v) is 5.53. The Kier molecular flexibility index (Phi) is 1.79. The van der Waals surface area contributed by atoms with E-state index in [9.17, 15) is 22.8 Å². The van der Waals surface area contributed by atoms with Crippen molar-refractivity contribution in [3.63, 3.8) is 0 Å². The van der Waals surface area contributed by atoms with E-state index < -0.39 is 23.1 Å². The number of aromatic amines is 2. The number of H-pyrrole nitrogens is 2. The minimum Gasteiger partial charge on any atom is -0.303 e. The Morgan fingerprint density at radius 3 is 2.17 bits per heavy atom. The van der Waals surface area contributed by atoms with Crippen LogP contribution in [-0.4, -0.2) is 9.97 Å². The van der Waals surface area contributed by atoms with Gasteiger partial charge in [0.05, 0.1) is 0 Å².